The molecule has 7 heteroatoms. The van der Waals surface area contributed by atoms with Gasteiger partial charge >= 0.3 is 0 Å². The summed E-state index contributed by atoms with van der Waals surface area (Å²) in [5.74, 6) is -1.10. The van der Waals surface area contributed by atoms with Crippen molar-refractivity contribution in [3.8, 4) is 5.75 Å². The molecule has 0 bridgehead atoms. The molecule has 0 atom stereocenters. The highest BCUT2D eigenvalue weighted by Gasteiger charge is 2.19. The third-order valence-electron chi connectivity index (χ3n) is 4.16. The van der Waals surface area contributed by atoms with Gasteiger partial charge in [0.05, 0.1) is 12.1 Å². The largest absolute Gasteiger partial charge is 0.483 e. The fourth-order valence-electron chi connectivity index (χ4n) is 2.97. The number of rotatable bonds is 7. The van der Waals surface area contributed by atoms with Crippen molar-refractivity contribution in [2.45, 2.75) is 20.8 Å². The first-order valence-electron chi connectivity index (χ1n) is 8.82. The Kier molecular flexibility index (Phi) is 6.76. The van der Waals surface area contributed by atoms with Crippen LogP contribution in [0.3, 0.4) is 0 Å². The summed E-state index contributed by atoms with van der Waals surface area (Å²) >= 11 is 0. The summed E-state index contributed by atoms with van der Waals surface area (Å²) in [6.07, 6.45) is 0. The van der Waals surface area contributed by atoms with Crippen molar-refractivity contribution in [2.75, 3.05) is 25.5 Å². The number of amides is 3. The fourth-order valence-corrected chi connectivity index (χ4v) is 2.97. The Labute approximate surface area is 164 Å². The van der Waals surface area contributed by atoms with Crippen molar-refractivity contribution in [3.05, 3.63) is 58.7 Å². The van der Waals surface area contributed by atoms with E-state index in [0.717, 1.165) is 22.4 Å². The molecule has 0 aliphatic heterocycles. The second-order valence-corrected chi connectivity index (χ2v) is 6.73. The molecule has 0 aromatic heterocycles. The number of nitrogens with two attached hydrogens (primary N) is 1. The van der Waals surface area contributed by atoms with Crippen LogP contribution in [0.2, 0.25) is 0 Å². The Morgan fingerprint density at radius 1 is 1.07 bits per heavy atom. The van der Waals surface area contributed by atoms with Gasteiger partial charge in [0.1, 0.15) is 5.75 Å². The minimum absolute atomic E-state index is 0.129. The Morgan fingerprint density at radius 3 is 2.29 bits per heavy atom. The lowest BCUT2D eigenvalue weighted by molar-refractivity contribution is -0.120. The van der Waals surface area contributed by atoms with Crippen LogP contribution in [0.1, 0.15) is 27.0 Å². The van der Waals surface area contributed by atoms with Crippen LogP contribution in [0.4, 0.5) is 5.69 Å². The SMILES string of the molecule is Cc1cc(C)c(NC(=O)CN(C)C(=O)c2ccccc2OCC(N)=O)c(C)c1. The number of aryl methyl sites for hydroxylation is 3. The van der Waals surface area contributed by atoms with Crippen molar-refractivity contribution in [1.82, 2.24) is 4.90 Å². The maximum atomic E-state index is 12.7. The molecule has 2 aromatic rings. The van der Waals surface area contributed by atoms with Crippen LogP contribution in [0.15, 0.2) is 36.4 Å². The summed E-state index contributed by atoms with van der Waals surface area (Å²) in [7, 11) is 1.53. The van der Waals surface area contributed by atoms with Crippen LogP contribution in [-0.4, -0.2) is 42.8 Å². The van der Waals surface area contributed by atoms with Gasteiger partial charge in [-0.2, -0.15) is 0 Å². The summed E-state index contributed by atoms with van der Waals surface area (Å²) in [6.45, 7) is 5.39. The van der Waals surface area contributed by atoms with Gasteiger partial charge in [0, 0.05) is 12.7 Å². The number of para-hydroxylation sites is 1. The lowest BCUT2D eigenvalue weighted by atomic mass is 10.1. The van der Waals surface area contributed by atoms with Gasteiger partial charge in [-0.05, 0) is 44.0 Å². The summed E-state index contributed by atoms with van der Waals surface area (Å²) in [5.41, 5.74) is 9.13. The van der Waals surface area contributed by atoms with Crippen LogP contribution in [0, 0.1) is 20.8 Å². The van der Waals surface area contributed by atoms with Gasteiger partial charge in [-0.25, -0.2) is 0 Å². The lowest BCUT2D eigenvalue weighted by Gasteiger charge is -2.20. The number of likely N-dealkylation sites (N-methyl/N-ethyl adjacent to an activating group) is 1. The number of nitrogens with one attached hydrogen (secondary N) is 1. The molecule has 0 fully saturated rings. The second-order valence-electron chi connectivity index (χ2n) is 6.73. The molecule has 28 heavy (non-hydrogen) atoms. The van der Waals surface area contributed by atoms with E-state index >= 15 is 0 Å². The topological polar surface area (TPSA) is 102 Å². The van der Waals surface area contributed by atoms with Gasteiger partial charge < -0.3 is 20.7 Å². The molecule has 148 valence electrons. The molecule has 3 amide bonds. The monoisotopic (exact) mass is 383 g/mol. The summed E-state index contributed by atoms with van der Waals surface area (Å²) in [5, 5.41) is 2.87. The van der Waals surface area contributed by atoms with Crippen molar-refractivity contribution >= 4 is 23.4 Å². The average molecular weight is 383 g/mol. The average Bonchev–Trinajstić information content (AvgIpc) is 2.62. The fraction of sp³-hybridized carbons (Fsp3) is 0.286. The van der Waals surface area contributed by atoms with Gasteiger partial charge in [-0.3, -0.25) is 14.4 Å². The highest BCUT2D eigenvalue weighted by atomic mass is 16.5. The molecule has 7 nitrogen and oxygen atoms in total. The highest BCUT2D eigenvalue weighted by Crippen LogP contribution is 2.22. The minimum Gasteiger partial charge on any atom is -0.483 e. The first kappa shape index (κ1) is 21.0. The highest BCUT2D eigenvalue weighted by molar-refractivity contribution is 6.01. The van der Waals surface area contributed by atoms with E-state index in [4.69, 9.17) is 10.5 Å². The standard InChI is InChI=1S/C21H25N3O4/c1-13-9-14(2)20(15(3)10-13)23-19(26)11-24(4)21(27)16-7-5-6-8-17(16)28-12-18(22)25/h5-10H,11-12H2,1-4H3,(H2,22,25)(H,23,26). The second kappa shape index (κ2) is 9.03. The van der Waals surface area contributed by atoms with Crippen LogP contribution in [-0.2, 0) is 9.59 Å². The summed E-state index contributed by atoms with van der Waals surface area (Å²) in [4.78, 5) is 37.4. The third-order valence-corrected chi connectivity index (χ3v) is 4.16. The van der Waals surface area contributed by atoms with E-state index in [1.807, 2.05) is 32.9 Å². The van der Waals surface area contributed by atoms with E-state index < -0.39 is 11.8 Å². The van der Waals surface area contributed by atoms with Crippen LogP contribution in [0.25, 0.3) is 0 Å². The van der Waals surface area contributed by atoms with Gasteiger partial charge in [-0.15, -0.1) is 0 Å². The summed E-state index contributed by atoms with van der Waals surface area (Å²) < 4.78 is 5.29. The Morgan fingerprint density at radius 2 is 1.68 bits per heavy atom. The summed E-state index contributed by atoms with van der Waals surface area (Å²) in [6, 6.07) is 10.5. The zero-order chi connectivity index (χ0) is 20.8. The molecule has 0 radical (unpaired) electrons. The number of nitrogens with zero attached hydrogens (tertiary/aromatic N) is 1. The third kappa shape index (κ3) is 5.33. The molecule has 0 saturated heterocycles. The zero-order valence-electron chi connectivity index (χ0n) is 16.5. The van der Waals surface area contributed by atoms with Crippen molar-refractivity contribution in [2.24, 2.45) is 5.73 Å². The number of primary amides is 1. The molecule has 2 rings (SSSR count). The van der Waals surface area contributed by atoms with E-state index in [9.17, 15) is 14.4 Å². The Hall–Kier alpha value is -3.35. The first-order valence-corrected chi connectivity index (χ1v) is 8.82. The van der Waals surface area contributed by atoms with Crippen LogP contribution >= 0.6 is 0 Å². The maximum Gasteiger partial charge on any atom is 0.257 e. The van der Waals surface area contributed by atoms with E-state index in [-0.39, 0.29) is 30.4 Å². The van der Waals surface area contributed by atoms with Crippen molar-refractivity contribution in [1.29, 1.82) is 0 Å². The molecule has 0 aliphatic rings. The molecule has 0 heterocycles. The van der Waals surface area contributed by atoms with Crippen molar-refractivity contribution < 1.29 is 19.1 Å². The molecule has 0 unspecified atom stereocenters. The maximum absolute atomic E-state index is 12.7. The van der Waals surface area contributed by atoms with Gasteiger partial charge in [0.25, 0.3) is 11.8 Å². The van der Waals surface area contributed by atoms with E-state index in [1.165, 1.54) is 11.9 Å². The Balaban J connectivity index is 2.09. The van der Waals surface area contributed by atoms with Gasteiger partial charge in [0.2, 0.25) is 5.91 Å². The molecule has 0 spiro atoms. The molecule has 0 aliphatic carbocycles. The quantitative estimate of drug-likeness (QED) is 0.765. The number of benzene rings is 2. The number of anilines is 1. The lowest BCUT2D eigenvalue weighted by Crippen LogP contribution is -2.35. The molecule has 2 aromatic carbocycles. The number of carbonyl (C=O) groups is 3. The normalized spacial score (nSPS) is 10.3. The van der Waals surface area contributed by atoms with Crippen LogP contribution in [0.5, 0.6) is 5.75 Å². The number of carbonyl (C=O) groups excluding carboxylic acids is 3. The molecular formula is C21H25N3O4. The van der Waals surface area contributed by atoms with E-state index in [1.54, 1.807) is 24.3 Å². The molecule has 3 N–H and O–H groups in total. The van der Waals surface area contributed by atoms with E-state index in [0.29, 0.717) is 0 Å². The number of hydrogen-bond acceptors (Lipinski definition) is 4. The van der Waals surface area contributed by atoms with Gasteiger partial charge in [-0.1, -0.05) is 29.8 Å². The smallest absolute Gasteiger partial charge is 0.257 e. The number of ether oxygens (including phenoxy) is 1. The number of hydrogen-bond donors (Lipinski definition) is 2. The van der Waals surface area contributed by atoms with Crippen LogP contribution < -0.4 is 15.8 Å². The minimum atomic E-state index is -0.640. The first-order chi connectivity index (χ1) is 13.2. The van der Waals surface area contributed by atoms with Crippen molar-refractivity contribution in [3.63, 3.8) is 0 Å². The van der Waals surface area contributed by atoms with Gasteiger partial charge in [0.15, 0.2) is 6.61 Å². The zero-order valence-corrected chi connectivity index (χ0v) is 16.5. The van der Waals surface area contributed by atoms with E-state index in [2.05, 4.69) is 5.32 Å². The predicted octanol–water partition coefficient (Wildman–Crippen LogP) is 2.19. The Bertz CT molecular complexity index is 885. The molecule has 0 saturated carbocycles. The molecular weight excluding hydrogens is 358 g/mol. The predicted molar refractivity (Wildman–Crippen MR) is 107 cm³/mol.